The van der Waals surface area contributed by atoms with E-state index in [1.807, 2.05) is 0 Å². The molecular formula is C12H19FN2O2S. The van der Waals surface area contributed by atoms with Crippen molar-refractivity contribution in [3.63, 3.8) is 0 Å². The Bertz CT molecular complexity index is 499. The van der Waals surface area contributed by atoms with E-state index in [0.29, 0.717) is 25.2 Å². The molecule has 0 amide bonds. The molecule has 6 heteroatoms. The van der Waals surface area contributed by atoms with E-state index in [0.717, 1.165) is 0 Å². The lowest BCUT2D eigenvalue weighted by atomic mass is 10.2. The molecule has 0 aliphatic heterocycles. The van der Waals surface area contributed by atoms with E-state index in [-0.39, 0.29) is 4.90 Å². The highest BCUT2D eigenvalue weighted by atomic mass is 32.2. The van der Waals surface area contributed by atoms with Gasteiger partial charge in [0.1, 0.15) is 10.7 Å². The summed E-state index contributed by atoms with van der Waals surface area (Å²) in [6.45, 7) is 4.62. The van der Waals surface area contributed by atoms with Crippen LogP contribution in [0, 0.1) is 5.82 Å². The molecule has 0 spiro atoms. The quantitative estimate of drug-likeness (QED) is 0.856. The molecule has 0 aromatic heterocycles. The summed E-state index contributed by atoms with van der Waals surface area (Å²) in [6, 6.07) is 4.21. The van der Waals surface area contributed by atoms with Crippen LogP contribution in [-0.4, -0.2) is 32.9 Å². The maximum Gasteiger partial charge on any atom is 0.245 e. The molecule has 4 nitrogen and oxygen atoms in total. The highest BCUT2D eigenvalue weighted by molar-refractivity contribution is 7.89. The summed E-state index contributed by atoms with van der Waals surface area (Å²) in [7, 11) is -1.98. The minimum absolute atomic E-state index is 0.258. The van der Waals surface area contributed by atoms with Crippen LogP contribution >= 0.6 is 0 Å². The second-order valence-corrected chi connectivity index (χ2v) is 5.79. The maximum atomic E-state index is 13.9. The van der Waals surface area contributed by atoms with Gasteiger partial charge in [-0.2, -0.15) is 4.31 Å². The standard InChI is InChI=1S/C12H19FN2O2S/c1-4-15(5-2)18(16,17)12-7-6-10(9-14-3)8-11(12)13/h6-8,14H,4-5,9H2,1-3H3. The topological polar surface area (TPSA) is 49.4 Å². The highest BCUT2D eigenvalue weighted by Gasteiger charge is 2.25. The molecule has 0 radical (unpaired) electrons. The third kappa shape index (κ3) is 3.07. The van der Waals surface area contributed by atoms with Crippen LogP contribution in [0.25, 0.3) is 0 Å². The van der Waals surface area contributed by atoms with Crippen LogP contribution in [0.3, 0.4) is 0 Å². The zero-order chi connectivity index (χ0) is 13.8. The molecule has 0 fully saturated rings. The zero-order valence-electron chi connectivity index (χ0n) is 10.9. The Kier molecular flexibility index (Phi) is 5.25. The van der Waals surface area contributed by atoms with Crippen molar-refractivity contribution in [3.05, 3.63) is 29.6 Å². The molecule has 102 valence electrons. The minimum Gasteiger partial charge on any atom is -0.316 e. The van der Waals surface area contributed by atoms with E-state index in [1.165, 1.54) is 16.4 Å². The van der Waals surface area contributed by atoms with Gasteiger partial charge in [-0.05, 0) is 24.7 Å². The smallest absolute Gasteiger partial charge is 0.245 e. The second kappa shape index (κ2) is 6.26. The lowest BCUT2D eigenvalue weighted by Crippen LogP contribution is -2.31. The van der Waals surface area contributed by atoms with Gasteiger partial charge in [-0.3, -0.25) is 0 Å². The van der Waals surface area contributed by atoms with Crippen LogP contribution in [0.15, 0.2) is 23.1 Å². The van der Waals surface area contributed by atoms with Gasteiger partial charge in [0, 0.05) is 19.6 Å². The number of rotatable bonds is 6. The third-order valence-electron chi connectivity index (χ3n) is 2.70. The lowest BCUT2D eigenvalue weighted by molar-refractivity contribution is 0.440. The van der Waals surface area contributed by atoms with E-state index in [4.69, 9.17) is 0 Å². The number of benzene rings is 1. The van der Waals surface area contributed by atoms with Crippen molar-refractivity contribution in [2.45, 2.75) is 25.3 Å². The predicted octanol–water partition coefficient (Wildman–Crippen LogP) is 1.58. The molecule has 0 atom stereocenters. The van der Waals surface area contributed by atoms with Crippen molar-refractivity contribution in [2.24, 2.45) is 0 Å². The monoisotopic (exact) mass is 274 g/mol. The summed E-state index contributed by atoms with van der Waals surface area (Å²) in [5.74, 6) is -0.699. The number of sulfonamides is 1. The molecule has 0 heterocycles. The van der Waals surface area contributed by atoms with Gasteiger partial charge in [0.25, 0.3) is 0 Å². The van der Waals surface area contributed by atoms with E-state index in [2.05, 4.69) is 5.32 Å². The van der Waals surface area contributed by atoms with Gasteiger partial charge in [-0.25, -0.2) is 12.8 Å². The maximum absolute atomic E-state index is 13.9. The molecule has 1 aromatic rings. The van der Waals surface area contributed by atoms with Gasteiger partial charge in [-0.15, -0.1) is 0 Å². The Morgan fingerprint density at radius 2 is 1.89 bits per heavy atom. The molecule has 0 aliphatic rings. The molecule has 1 rings (SSSR count). The van der Waals surface area contributed by atoms with Crippen molar-refractivity contribution < 1.29 is 12.8 Å². The van der Waals surface area contributed by atoms with Crippen molar-refractivity contribution in [1.29, 1.82) is 0 Å². The summed E-state index contributed by atoms with van der Waals surface area (Å²) in [5, 5.41) is 2.89. The molecule has 0 bridgehead atoms. The first kappa shape index (κ1) is 15.1. The predicted molar refractivity (Wildman–Crippen MR) is 69.3 cm³/mol. The molecule has 1 N–H and O–H groups in total. The Labute approximate surface area is 108 Å². The average molecular weight is 274 g/mol. The van der Waals surface area contributed by atoms with E-state index in [9.17, 15) is 12.8 Å². The molecule has 0 unspecified atom stereocenters. The van der Waals surface area contributed by atoms with E-state index in [1.54, 1.807) is 27.0 Å². The van der Waals surface area contributed by atoms with Gasteiger partial charge in [-0.1, -0.05) is 19.9 Å². The Morgan fingerprint density at radius 3 is 2.33 bits per heavy atom. The van der Waals surface area contributed by atoms with Crippen molar-refractivity contribution in [3.8, 4) is 0 Å². The Morgan fingerprint density at radius 1 is 1.28 bits per heavy atom. The van der Waals surface area contributed by atoms with Crippen LogP contribution in [0.2, 0.25) is 0 Å². The highest BCUT2D eigenvalue weighted by Crippen LogP contribution is 2.20. The fraction of sp³-hybridized carbons (Fsp3) is 0.500. The molecule has 0 saturated heterocycles. The Balaban J connectivity index is 3.17. The summed E-state index contributed by atoms with van der Waals surface area (Å²) in [5.41, 5.74) is 0.716. The van der Waals surface area contributed by atoms with Crippen molar-refractivity contribution >= 4 is 10.0 Å². The number of hydrogen-bond acceptors (Lipinski definition) is 3. The van der Waals surface area contributed by atoms with Crippen LogP contribution in [0.1, 0.15) is 19.4 Å². The van der Waals surface area contributed by atoms with Gasteiger partial charge in [0.05, 0.1) is 0 Å². The minimum atomic E-state index is -3.73. The van der Waals surface area contributed by atoms with Gasteiger partial charge < -0.3 is 5.32 Å². The summed E-state index contributed by atoms with van der Waals surface area (Å²) >= 11 is 0. The molecule has 1 aromatic carbocycles. The van der Waals surface area contributed by atoms with Gasteiger partial charge >= 0.3 is 0 Å². The summed E-state index contributed by atoms with van der Waals surface area (Å²) in [4.78, 5) is -0.258. The van der Waals surface area contributed by atoms with Crippen LogP contribution in [0.5, 0.6) is 0 Å². The zero-order valence-corrected chi connectivity index (χ0v) is 11.7. The lowest BCUT2D eigenvalue weighted by Gasteiger charge is -2.19. The molecule has 0 aliphatic carbocycles. The molecule has 18 heavy (non-hydrogen) atoms. The van der Waals surface area contributed by atoms with Crippen LogP contribution in [-0.2, 0) is 16.6 Å². The van der Waals surface area contributed by atoms with Crippen molar-refractivity contribution in [2.75, 3.05) is 20.1 Å². The number of nitrogens with zero attached hydrogens (tertiary/aromatic N) is 1. The first-order chi connectivity index (χ1) is 8.47. The van der Waals surface area contributed by atoms with E-state index < -0.39 is 15.8 Å². The van der Waals surface area contributed by atoms with Gasteiger partial charge in [0.2, 0.25) is 10.0 Å². The third-order valence-corrected chi connectivity index (χ3v) is 4.78. The number of nitrogens with one attached hydrogen (secondary N) is 1. The fourth-order valence-electron chi connectivity index (χ4n) is 1.77. The Hall–Kier alpha value is -0.980. The number of hydrogen-bond donors (Lipinski definition) is 1. The normalized spacial score (nSPS) is 12.1. The van der Waals surface area contributed by atoms with Gasteiger partial charge in [0.15, 0.2) is 0 Å². The van der Waals surface area contributed by atoms with Crippen LogP contribution < -0.4 is 5.32 Å². The van der Waals surface area contributed by atoms with E-state index >= 15 is 0 Å². The first-order valence-corrected chi connectivity index (χ1v) is 7.34. The first-order valence-electron chi connectivity index (χ1n) is 5.90. The average Bonchev–Trinajstić information content (AvgIpc) is 2.30. The van der Waals surface area contributed by atoms with Crippen molar-refractivity contribution in [1.82, 2.24) is 9.62 Å². The summed E-state index contributed by atoms with van der Waals surface area (Å²) < 4.78 is 39.4. The second-order valence-electron chi connectivity index (χ2n) is 3.88. The molecular weight excluding hydrogens is 255 g/mol. The summed E-state index contributed by atoms with van der Waals surface area (Å²) in [6.07, 6.45) is 0. The number of halogens is 1. The SMILES string of the molecule is CCN(CC)S(=O)(=O)c1ccc(CNC)cc1F. The largest absolute Gasteiger partial charge is 0.316 e. The van der Waals surface area contributed by atoms with Crippen LogP contribution in [0.4, 0.5) is 4.39 Å². The molecule has 0 saturated carbocycles. The fourth-order valence-corrected chi connectivity index (χ4v) is 3.27.